The predicted molar refractivity (Wildman–Crippen MR) is 90.4 cm³/mol. The van der Waals surface area contributed by atoms with Crippen LogP contribution in [-0.2, 0) is 6.54 Å². The Bertz CT molecular complexity index is 762. The van der Waals surface area contributed by atoms with Gasteiger partial charge in [-0.1, -0.05) is 0 Å². The van der Waals surface area contributed by atoms with E-state index < -0.39 is 0 Å². The molecule has 6 nitrogen and oxygen atoms in total. The smallest absolute Gasteiger partial charge is 0.116 e. The van der Waals surface area contributed by atoms with Gasteiger partial charge in [-0.15, -0.1) is 0 Å². The summed E-state index contributed by atoms with van der Waals surface area (Å²) < 4.78 is 2.00. The number of nitrogens with zero attached hydrogens (tertiary/aromatic N) is 6. The molecule has 0 atom stereocenters. The van der Waals surface area contributed by atoms with Crippen LogP contribution in [0.1, 0.15) is 0 Å². The maximum absolute atomic E-state index is 4.28. The lowest BCUT2D eigenvalue weighted by atomic mass is 10.2. The lowest BCUT2D eigenvalue weighted by Crippen LogP contribution is -2.47. The predicted octanol–water partition coefficient (Wildman–Crippen LogP) is 1.65. The van der Waals surface area contributed by atoms with Crippen molar-refractivity contribution < 1.29 is 0 Å². The molecule has 1 aromatic carbocycles. The van der Waals surface area contributed by atoms with Gasteiger partial charge in [0.2, 0.25) is 0 Å². The summed E-state index contributed by atoms with van der Waals surface area (Å²) in [7, 11) is 0. The summed E-state index contributed by atoms with van der Waals surface area (Å²) in [6.45, 7) is 6.30. The van der Waals surface area contributed by atoms with Gasteiger partial charge in [-0.2, -0.15) is 5.10 Å². The van der Waals surface area contributed by atoms with Crippen molar-refractivity contribution in [1.82, 2.24) is 24.6 Å². The van der Waals surface area contributed by atoms with Gasteiger partial charge in [0.1, 0.15) is 6.33 Å². The summed E-state index contributed by atoms with van der Waals surface area (Å²) in [4.78, 5) is 13.3. The number of rotatable bonds is 4. The molecule has 1 fully saturated rings. The SMILES string of the molecule is c1cnn(CCN2CCN(c3ccc4ncncc4c3)CC2)c1. The van der Waals surface area contributed by atoms with E-state index >= 15 is 0 Å². The summed E-state index contributed by atoms with van der Waals surface area (Å²) in [6.07, 6.45) is 7.33. The van der Waals surface area contributed by atoms with Crippen molar-refractivity contribution in [2.45, 2.75) is 6.54 Å². The Morgan fingerprint density at radius 3 is 2.78 bits per heavy atom. The highest BCUT2D eigenvalue weighted by molar-refractivity contribution is 5.81. The third-order valence-electron chi connectivity index (χ3n) is 4.43. The molecule has 0 saturated carbocycles. The highest BCUT2D eigenvalue weighted by atomic mass is 15.3. The third-order valence-corrected chi connectivity index (χ3v) is 4.43. The number of piperazine rings is 1. The molecular formula is C17H20N6. The van der Waals surface area contributed by atoms with E-state index in [1.807, 2.05) is 29.3 Å². The molecule has 3 heterocycles. The van der Waals surface area contributed by atoms with Crippen LogP contribution in [0.5, 0.6) is 0 Å². The van der Waals surface area contributed by atoms with Crippen molar-refractivity contribution in [3.63, 3.8) is 0 Å². The number of hydrogen-bond acceptors (Lipinski definition) is 5. The van der Waals surface area contributed by atoms with Crippen molar-refractivity contribution in [1.29, 1.82) is 0 Å². The zero-order valence-electron chi connectivity index (χ0n) is 13.0. The van der Waals surface area contributed by atoms with Crippen LogP contribution in [0.4, 0.5) is 5.69 Å². The van der Waals surface area contributed by atoms with E-state index in [0.717, 1.165) is 50.2 Å². The number of anilines is 1. The molecule has 0 spiro atoms. The topological polar surface area (TPSA) is 50.1 Å². The second-order valence-electron chi connectivity index (χ2n) is 5.86. The minimum atomic E-state index is 0.959. The molecule has 6 heteroatoms. The van der Waals surface area contributed by atoms with Crippen molar-refractivity contribution in [3.8, 4) is 0 Å². The van der Waals surface area contributed by atoms with Gasteiger partial charge in [-0.3, -0.25) is 9.58 Å². The Balaban J connectivity index is 1.36. The first-order chi connectivity index (χ1) is 11.4. The number of fused-ring (bicyclic) bond motifs is 1. The van der Waals surface area contributed by atoms with Crippen LogP contribution in [0.15, 0.2) is 49.2 Å². The molecule has 0 N–H and O–H groups in total. The minimum Gasteiger partial charge on any atom is -0.369 e. The zero-order valence-corrected chi connectivity index (χ0v) is 13.0. The van der Waals surface area contributed by atoms with E-state index in [4.69, 9.17) is 0 Å². The molecule has 0 unspecified atom stereocenters. The summed E-state index contributed by atoms with van der Waals surface area (Å²) >= 11 is 0. The van der Waals surface area contributed by atoms with Crippen molar-refractivity contribution in [2.24, 2.45) is 0 Å². The lowest BCUT2D eigenvalue weighted by Gasteiger charge is -2.36. The first-order valence-corrected chi connectivity index (χ1v) is 8.03. The summed E-state index contributed by atoms with van der Waals surface area (Å²) in [5.74, 6) is 0. The van der Waals surface area contributed by atoms with Crippen molar-refractivity contribution in [3.05, 3.63) is 49.2 Å². The van der Waals surface area contributed by atoms with Crippen LogP contribution in [-0.4, -0.2) is 57.4 Å². The van der Waals surface area contributed by atoms with Crippen molar-refractivity contribution in [2.75, 3.05) is 37.6 Å². The molecule has 0 bridgehead atoms. The molecule has 1 aliphatic rings. The van der Waals surface area contributed by atoms with E-state index in [9.17, 15) is 0 Å². The Kier molecular flexibility index (Phi) is 3.90. The summed E-state index contributed by atoms with van der Waals surface area (Å²) in [5, 5.41) is 5.36. The second-order valence-corrected chi connectivity index (χ2v) is 5.86. The maximum atomic E-state index is 4.28. The first-order valence-electron chi connectivity index (χ1n) is 8.03. The molecule has 0 radical (unpaired) electrons. The standard InChI is InChI=1S/C17H20N6/c1-4-20-23(5-1)11-8-21-6-9-22(10-7-21)16-2-3-17-15(12-16)13-18-14-19-17/h1-5,12-14H,6-11H2. The van der Waals surface area contributed by atoms with Gasteiger partial charge in [0.15, 0.2) is 0 Å². The quantitative estimate of drug-likeness (QED) is 0.733. The van der Waals surface area contributed by atoms with Gasteiger partial charge in [-0.25, -0.2) is 9.97 Å². The molecule has 0 aliphatic carbocycles. The third kappa shape index (κ3) is 3.17. The van der Waals surface area contributed by atoms with E-state index in [2.05, 4.69) is 43.1 Å². The molecule has 3 aromatic rings. The fourth-order valence-electron chi connectivity index (χ4n) is 3.08. The normalized spacial score (nSPS) is 16.1. The molecule has 2 aromatic heterocycles. The van der Waals surface area contributed by atoms with Gasteiger partial charge in [0.25, 0.3) is 0 Å². The first kappa shape index (κ1) is 14.1. The van der Waals surface area contributed by atoms with Gasteiger partial charge < -0.3 is 4.90 Å². The van der Waals surface area contributed by atoms with E-state index in [1.165, 1.54) is 5.69 Å². The van der Waals surface area contributed by atoms with Gasteiger partial charge in [0.05, 0.1) is 12.1 Å². The fourth-order valence-corrected chi connectivity index (χ4v) is 3.08. The van der Waals surface area contributed by atoms with Crippen LogP contribution in [0.3, 0.4) is 0 Å². The molecule has 1 aliphatic heterocycles. The number of hydrogen-bond donors (Lipinski definition) is 0. The van der Waals surface area contributed by atoms with Gasteiger partial charge >= 0.3 is 0 Å². The zero-order chi connectivity index (χ0) is 15.5. The van der Waals surface area contributed by atoms with Crippen LogP contribution in [0, 0.1) is 0 Å². The van der Waals surface area contributed by atoms with Crippen LogP contribution >= 0.6 is 0 Å². The van der Waals surface area contributed by atoms with E-state index in [1.54, 1.807) is 6.33 Å². The fraction of sp³-hybridized carbons (Fsp3) is 0.353. The largest absolute Gasteiger partial charge is 0.369 e. The molecular weight excluding hydrogens is 288 g/mol. The summed E-state index contributed by atoms with van der Waals surface area (Å²) in [6, 6.07) is 8.40. The van der Waals surface area contributed by atoms with Crippen LogP contribution < -0.4 is 4.90 Å². The molecule has 1 saturated heterocycles. The van der Waals surface area contributed by atoms with E-state index in [0.29, 0.717) is 0 Å². The number of aromatic nitrogens is 4. The maximum Gasteiger partial charge on any atom is 0.116 e. The van der Waals surface area contributed by atoms with Crippen molar-refractivity contribution >= 4 is 16.6 Å². The average molecular weight is 308 g/mol. The molecule has 0 amide bonds. The second kappa shape index (κ2) is 6.34. The lowest BCUT2D eigenvalue weighted by molar-refractivity contribution is 0.244. The van der Waals surface area contributed by atoms with Gasteiger partial charge in [-0.05, 0) is 24.3 Å². The monoisotopic (exact) mass is 308 g/mol. The highest BCUT2D eigenvalue weighted by Gasteiger charge is 2.17. The molecule has 118 valence electrons. The summed E-state index contributed by atoms with van der Waals surface area (Å²) in [5.41, 5.74) is 2.26. The minimum absolute atomic E-state index is 0.959. The Labute approximate surface area is 135 Å². The highest BCUT2D eigenvalue weighted by Crippen LogP contribution is 2.21. The molecule has 4 rings (SSSR count). The Hall–Kier alpha value is -2.47. The Morgan fingerprint density at radius 2 is 1.96 bits per heavy atom. The van der Waals surface area contributed by atoms with Crippen LogP contribution in [0.2, 0.25) is 0 Å². The Morgan fingerprint density at radius 1 is 1.04 bits per heavy atom. The van der Waals surface area contributed by atoms with E-state index in [-0.39, 0.29) is 0 Å². The number of benzene rings is 1. The van der Waals surface area contributed by atoms with Crippen LogP contribution in [0.25, 0.3) is 10.9 Å². The van der Waals surface area contributed by atoms with Gasteiger partial charge in [0, 0.05) is 62.4 Å². The molecule has 23 heavy (non-hydrogen) atoms. The average Bonchev–Trinajstić information content (AvgIpc) is 3.14.